The maximum absolute atomic E-state index is 12.4. The van der Waals surface area contributed by atoms with Crippen molar-refractivity contribution in [2.75, 3.05) is 0 Å². The summed E-state index contributed by atoms with van der Waals surface area (Å²) in [5, 5.41) is 16.0. The second kappa shape index (κ2) is 6.93. The van der Waals surface area contributed by atoms with E-state index in [9.17, 15) is 14.7 Å². The highest BCUT2D eigenvalue weighted by atomic mass is 32.1. The van der Waals surface area contributed by atoms with E-state index in [1.165, 1.54) is 0 Å². The van der Waals surface area contributed by atoms with Crippen LogP contribution in [0.4, 0.5) is 4.79 Å². The summed E-state index contributed by atoms with van der Waals surface area (Å²) in [6, 6.07) is 1.15. The molecule has 2 N–H and O–H groups in total. The Bertz CT molecular complexity index is 485. The van der Waals surface area contributed by atoms with E-state index in [1.54, 1.807) is 16.2 Å². The molecule has 6 heteroatoms. The molecule has 2 atom stereocenters. The highest BCUT2D eigenvalue weighted by molar-refractivity contribution is 7.07. The molecule has 116 valence electrons. The minimum absolute atomic E-state index is 0.0892. The van der Waals surface area contributed by atoms with E-state index in [4.69, 9.17) is 0 Å². The summed E-state index contributed by atoms with van der Waals surface area (Å²) in [5.41, 5.74) is 1.09. The minimum Gasteiger partial charge on any atom is -0.480 e. The number of nitrogens with one attached hydrogen (secondary N) is 1. The molecular weight excluding hydrogens is 288 g/mol. The molecule has 1 aromatic rings. The Hall–Kier alpha value is -1.56. The molecule has 1 aliphatic carbocycles. The van der Waals surface area contributed by atoms with Crippen molar-refractivity contribution in [3.63, 3.8) is 0 Å². The number of hydrogen-bond donors (Lipinski definition) is 2. The Labute approximate surface area is 129 Å². The Balaban J connectivity index is 2.02. The van der Waals surface area contributed by atoms with Crippen molar-refractivity contribution in [2.45, 2.75) is 51.7 Å². The maximum Gasteiger partial charge on any atom is 0.326 e. The number of carbonyl (C=O) groups excluding carboxylic acids is 1. The fourth-order valence-electron chi connectivity index (χ4n) is 2.23. The molecule has 0 radical (unpaired) electrons. The largest absolute Gasteiger partial charge is 0.480 e. The first-order valence-corrected chi connectivity index (χ1v) is 8.28. The molecule has 1 aromatic heterocycles. The molecule has 0 spiro atoms. The molecule has 2 unspecified atom stereocenters. The first-order valence-electron chi connectivity index (χ1n) is 7.34. The lowest BCUT2D eigenvalue weighted by molar-refractivity contribution is -0.140. The van der Waals surface area contributed by atoms with Crippen molar-refractivity contribution in [1.29, 1.82) is 0 Å². The number of thiophene rings is 1. The van der Waals surface area contributed by atoms with Gasteiger partial charge in [-0.05, 0) is 41.1 Å². The van der Waals surface area contributed by atoms with E-state index < -0.39 is 12.0 Å². The molecule has 0 aromatic carbocycles. The number of amides is 2. The normalized spacial score (nSPS) is 17.0. The molecule has 1 heterocycles. The van der Waals surface area contributed by atoms with Gasteiger partial charge < -0.3 is 15.3 Å². The van der Waals surface area contributed by atoms with Crippen LogP contribution in [0, 0.1) is 5.92 Å². The zero-order valence-corrected chi connectivity index (χ0v) is 13.2. The average Bonchev–Trinajstić information content (AvgIpc) is 3.17. The molecule has 2 rings (SSSR count). The fraction of sp³-hybridized carbons (Fsp3) is 0.600. The van der Waals surface area contributed by atoms with Gasteiger partial charge in [0.25, 0.3) is 0 Å². The third-order valence-corrected chi connectivity index (χ3v) is 4.67. The van der Waals surface area contributed by atoms with Crippen LogP contribution in [0.5, 0.6) is 0 Å². The summed E-state index contributed by atoms with van der Waals surface area (Å²) in [4.78, 5) is 25.5. The average molecular weight is 310 g/mol. The summed E-state index contributed by atoms with van der Waals surface area (Å²) in [6.07, 6.45) is 2.71. The SMILES string of the molecule is CCC(C)C(NC(=O)N(Cc1ccsc1)C1CC1)C(=O)O. The van der Waals surface area contributed by atoms with Crippen molar-refractivity contribution in [3.05, 3.63) is 22.4 Å². The molecular formula is C15H22N2O3S. The van der Waals surface area contributed by atoms with E-state index in [2.05, 4.69) is 5.32 Å². The Morgan fingerprint density at radius 3 is 2.71 bits per heavy atom. The number of rotatable bonds is 7. The van der Waals surface area contributed by atoms with Crippen molar-refractivity contribution < 1.29 is 14.7 Å². The van der Waals surface area contributed by atoms with Gasteiger partial charge in [0.15, 0.2) is 0 Å². The number of carbonyl (C=O) groups is 2. The van der Waals surface area contributed by atoms with Crippen LogP contribution in [0.3, 0.4) is 0 Å². The van der Waals surface area contributed by atoms with Crippen LogP contribution in [0.25, 0.3) is 0 Å². The Kier molecular flexibility index (Phi) is 5.22. The lowest BCUT2D eigenvalue weighted by Gasteiger charge is -2.27. The lowest BCUT2D eigenvalue weighted by Crippen LogP contribution is -2.50. The van der Waals surface area contributed by atoms with Gasteiger partial charge in [-0.2, -0.15) is 11.3 Å². The molecule has 2 amide bonds. The van der Waals surface area contributed by atoms with Gasteiger partial charge in [0.05, 0.1) is 0 Å². The van der Waals surface area contributed by atoms with Gasteiger partial charge in [0, 0.05) is 12.6 Å². The van der Waals surface area contributed by atoms with Crippen molar-refractivity contribution in [1.82, 2.24) is 10.2 Å². The molecule has 0 saturated heterocycles. The van der Waals surface area contributed by atoms with Gasteiger partial charge in [-0.1, -0.05) is 20.3 Å². The van der Waals surface area contributed by atoms with Gasteiger partial charge in [0.1, 0.15) is 6.04 Å². The number of urea groups is 1. The summed E-state index contributed by atoms with van der Waals surface area (Å²) < 4.78 is 0. The molecule has 0 aliphatic heterocycles. The highest BCUT2D eigenvalue weighted by Gasteiger charge is 2.35. The molecule has 0 bridgehead atoms. The topological polar surface area (TPSA) is 69.6 Å². The zero-order valence-electron chi connectivity index (χ0n) is 12.4. The number of nitrogens with zero attached hydrogens (tertiary/aromatic N) is 1. The first-order chi connectivity index (χ1) is 10.0. The summed E-state index contributed by atoms with van der Waals surface area (Å²) in [6.45, 7) is 4.32. The Morgan fingerprint density at radius 2 is 2.24 bits per heavy atom. The zero-order chi connectivity index (χ0) is 15.4. The second-order valence-electron chi connectivity index (χ2n) is 5.64. The predicted molar refractivity (Wildman–Crippen MR) is 82.3 cm³/mol. The molecule has 1 fully saturated rings. The highest BCUT2D eigenvalue weighted by Crippen LogP contribution is 2.29. The van der Waals surface area contributed by atoms with E-state index in [0.717, 1.165) is 18.4 Å². The molecule has 1 aliphatic rings. The maximum atomic E-state index is 12.4. The molecule has 5 nitrogen and oxygen atoms in total. The third kappa shape index (κ3) is 4.20. The minimum atomic E-state index is -0.969. The predicted octanol–water partition coefficient (Wildman–Crippen LogP) is 2.92. The monoisotopic (exact) mass is 310 g/mol. The standard InChI is InChI=1S/C15H22N2O3S/c1-3-10(2)13(14(18)19)16-15(20)17(12-4-5-12)8-11-6-7-21-9-11/h6-7,9-10,12-13H,3-5,8H2,1-2H3,(H,16,20)(H,18,19). The number of hydrogen-bond acceptors (Lipinski definition) is 3. The van der Waals surface area contributed by atoms with Gasteiger partial charge in [-0.15, -0.1) is 0 Å². The quantitative estimate of drug-likeness (QED) is 0.813. The van der Waals surface area contributed by atoms with Gasteiger partial charge >= 0.3 is 12.0 Å². The van der Waals surface area contributed by atoms with Crippen molar-refractivity contribution >= 4 is 23.3 Å². The van der Waals surface area contributed by atoms with Crippen LogP contribution < -0.4 is 5.32 Å². The van der Waals surface area contributed by atoms with Gasteiger partial charge in [-0.25, -0.2) is 9.59 Å². The number of carboxylic acids is 1. The van der Waals surface area contributed by atoms with Crippen molar-refractivity contribution in [2.24, 2.45) is 5.92 Å². The number of carboxylic acid groups (broad SMARTS) is 1. The number of aliphatic carboxylic acids is 1. The second-order valence-corrected chi connectivity index (χ2v) is 6.42. The fourth-order valence-corrected chi connectivity index (χ4v) is 2.89. The Morgan fingerprint density at radius 1 is 1.52 bits per heavy atom. The van der Waals surface area contributed by atoms with E-state index in [0.29, 0.717) is 13.0 Å². The summed E-state index contributed by atoms with van der Waals surface area (Å²) >= 11 is 1.60. The van der Waals surface area contributed by atoms with E-state index >= 15 is 0 Å². The van der Waals surface area contributed by atoms with Crippen LogP contribution in [-0.4, -0.2) is 34.1 Å². The van der Waals surface area contributed by atoms with Crippen LogP contribution >= 0.6 is 11.3 Å². The van der Waals surface area contributed by atoms with E-state index in [1.807, 2.05) is 30.7 Å². The van der Waals surface area contributed by atoms with Crippen LogP contribution in [0.2, 0.25) is 0 Å². The molecule has 21 heavy (non-hydrogen) atoms. The van der Waals surface area contributed by atoms with Crippen molar-refractivity contribution in [3.8, 4) is 0 Å². The van der Waals surface area contributed by atoms with Crippen LogP contribution in [-0.2, 0) is 11.3 Å². The van der Waals surface area contributed by atoms with Crippen LogP contribution in [0.1, 0.15) is 38.7 Å². The summed E-state index contributed by atoms with van der Waals surface area (Å²) in [5.74, 6) is -1.06. The molecule has 1 saturated carbocycles. The smallest absolute Gasteiger partial charge is 0.326 e. The first kappa shape index (κ1) is 15.8. The summed E-state index contributed by atoms with van der Waals surface area (Å²) in [7, 11) is 0. The van der Waals surface area contributed by atoms with E-state index in [-0.39, 0.29) is 18.0 Å². The third-order valence-electron chi connectivity index (χ3n) is 3.94. The van der Waals surface area contributed by atoms with Gasteiger partial charge in [0.2, 0.25) is 0 Å². The lowest BCUT2D eigenvalue weighted by atomic mass is 9.99. The van der Waals surface area contributed by atoms with Gasteiger partial charge in [-0.3, -0.25) is 0 Å². The van der Waals surface area contributed by atoms with Crippen LogP contribution in [0.15, 0.2) is 16.8 Å².